The molecule has 0 saturated carbocycles. The minimum Gasteiger partial charge on any atom is -0.493 e. The Kier molecular flexibility index (Phi) is 7.18. The summed E-state index contributed by atoms with van der Waals surface area (Å²) < 4.78 is 27.3. The van der Waals surface area contributed by atoms with Crippen LogP contribution in [0.15, 0.2) is 12.1 Å². The van der Waals surface area contributed by atoms with Gasteiger partial charge in [0.1, 0.15) is 6.61 Å². The van der Waals surface area contributed by atoms with E-state index in [0.29, 0.717) is 30.5 Å². The van der Waals surface area contributed by atoms with Gasteiger partial charge in [-0.25, -0.2) is 0 Å². The highest BCUT2D eigenvalue weighted by molar-refractivity contribution is 5.53. The predicted molar refractivity (Wildman–Crippen MR) is 76.8 cm³/mol. The van der Waals surface area contributed by atoms with Crippen LogP contribution in [0.5, 0.6) is 17.2 Å². The van der Waals surface area contributed by atoms with Crippen LogP contribution in [0, 0.1) is 6.92 Å². The van der Waals surface area contributed by atoms with Gasteiger partial charge in [-0.15, -0.1) is 0 Å². The SMILES string of the molecule is CCOC(COc1c(OC)cc(C)cc1OC)OCC. The van der Waals surface area contributed by atoms with Gasteiger partial charge >= 0.3 is 0 Å². The highest BCUT2D eigenvalue weighted by Gasteiger charge is 2.16. The molecular weight excluding hydrogens is 260 g/mol. The summed E-state index contributed by atoms with van der Waals surface area (Å²) in [6.07, 6.45) is -0.402. The minimum absolute atomic E-state index is 0.275. The third-order valence-electron chi connectivity index (χ3n) is 2.67. The quantitative estimate of drug-likeness (QED) is 0.652. The van der Waals surface area contributed by atoms with Crippen molar-refractivity contribution < 1.29 is 23.7 Å². The largest absolute Gasteiger partial charge is 0.493 e. The van der Waals surface area contributed by atoms with Crippen LogP contribution in [0.1, 0.15) is 19.4 Å². The summed E-state index contributed by atoms with van der Waals surface area (Å²) in [7, 11) is 3.20. The van der Waals surface area contributed by atoms with Gasteiger partial charge in [0.05, 0.1) is 14.2 Å². The van der Waals surface area contributed by atoms with Crippen LogP contribution >= 0.6 is 0 Å². The minimum atomic E-state index is -0.402. The molecule has 0 saturated heterocycles. The van der Waals surface area contributed by atoms with Gasteiger partial charge in [0.15, 0.2) is 17.8 Å². The topological polar surface area (TPSA) is 46.2 Å². The summed E-state index contributed by atoms with van der Waals surface area (Å²) in [5.41, 5.74) is 1.04. The van der Waals surface area contributed by atoms with Gasteiger partial charge in [0, 0.05) is 13.2 Å². The van der Waals surface area contributed by atoms with Gasteiger partial charge in [0.2, 0.25) is 5.75 Å². The van der Waals surface area contributed by atoms with E-state index in [4.69, 9.17) is 23.7 Å². The second-order valence-electron chi connectivity index (χ2n) is 4.15. The van der Waals surface area contributed by atoms with Gasteiger partial charge in [-0.1, -0.05) is 0 Å². The monoisotopic (exact) mass is 284 g/mol. The number of methoxy groups -OCH3 is 2. The van der Waals surface area contributed by atoms with E-state index in [1.54, 1.807) is 14.2 Å². The van der Waals surface area contributed by atoms with E-state index in [2.05, 4.69) is 0 Å². The first kappa shape index (κ1) is 16.6. The predicted octanol–water partition coefficient (Wildman–Crippen LogP) is 2.79. The van der Waals surface area contributed by atoms with Crippen molar-refractivity contribution in [3.63, 3.8) is 0 Å². The molecule has 0 heterocycles. The maximum Gasteiger partial charge on any atom is 0.203 e. The van der Waals surface area contributed by atoms with E-state index >= 15 is 0 Å². The van der Waals surface area contributed by atoms with Gasteiger partial charge in [-0.05, 0) is 38.5 Å². The van der Waals surface area contributed by atoms with Crippen LogP contribution in [-0.4, -0.2) is 40.3 Å². The lowest BCUT2D eigenvalue weighted by Crippen LogP contribution is -2.25. The third-order valence-corrected chi connectivity index (χ3v) is 2.67. The van der Waals surface area contributed by atoms with Gasteiger partial charge in [-0.3, -0.25) is 0 Å². The van der Waals surface area contributed by atoms with Crippen molar-refractivity contribution in [2.75, 3.05) is 34.0 Å². The van der Waals surface area contributed by atoms with Crippen LogP contribution < -0.4 is 14.2 Å². The third kappa shape index (κ3) is 4.58. The zero-order valence-electron chi connectivity index (χ0n) is 12.9. The van der Waals surface area contributed by atoms with Gasteiger partial charge in [0.25, 0.3) is 0 Å². The Labute approximate surface area is 120 Å². The number of ether oxygens (including phenoxy) is 5. The molecule has 1 aromatic carbocycles. The summed E-state index contributed by atoms with van der Waals surface area (Å²) in [5, 5.41) is 0. The van der Waals surface area contributed by atoms with E-state index in [-0.39, 0.29) is 6.61 Å². The van der Waals surface area contributed by atoms with Crippen LogP contribution in [0.25, 0.3) is 0 Å². The first-order chi connectivity index (χ1) is 9.65. The van der Waals surface area contributed by atoms with Gasteiger partial charge in [-0.2, -0.15) is 0 Å². The van der Waals surface area contributed by atoms with E-state index in [1.165, 1.54) is 0 Å². The normalized spacial score (nSPS) is 10.7. The molecule has 0 aromatic heterocycles. The second kappa shape index (κ2) is 8.66. The van der Waals surface area contributed by atoms with Crippen LogP contribution in [-0.2, 0) is 9.47 Å². The molecule has 0 unspecified atom stereocenters. The molecule has 20 heavy (non-hydrogen) atoms. The highest BCUT2D eigenvalue weighted by atomic mass is 16.7. The van der Waals surface area contributed by atoms with E-state index in [9.17, 15) is 0 Å². The fourth-order valence-corrected chi connectivity index (χ4v) is 1.82. The van der Waals surface area contributed by atoms with E-state index < -0.39 is 6.29 Å². The first-order valence-electron chi connectivity index (χ1n) is 6.74. The van der Waals surface area contributed by atoms with Crippen LogP contribution in [0.4, 0.5) is 0 Å². The fraction of sp³-hybridized carbons (Fsp3) is 0.600. The number of benzene rings is 1. The number of rotatable bonds is 9. The number of hydrogen-bond donors (Lipinski definition) is 0. The van der Waals surface area contributed by atoms with Crippen molar-refractivity contribution in [1.82, 2.24) is 0 Å². The molecule has 0 fully saturated rings. The highest BCUT2D eigenvalue weighted by Crippen LogP contribution is 2.38. The lowest BCUT2D eigenvalue weighted by atomic mass is 10.2. The average molecular weight is 284 g/mol. The molecule has 114 valence electrons. The molecule has 0 bridgehead atoms. The number of aryl methyl sites for hydroxylation is 1. The Morgan fingerprint density at radius 1 is 0.950 bits per heavy atom. The maximum atomic E-state index is 5.77. The lowest BCUT2D eigenvalue weighted by Gasteiger charge is -2.20. The van der Waals surface area contributed by atoms with Crippen molar-refractivity contribution in [3.8, 4) is 17.2 Å². The zero-order chi connectivity index (χ0) is 15.0. The van der Waals surface area contributed by atoms with Crippen LogP contribution in [0.3, 0.4) is 0 Å². The van der Waals surface area contributed by atoms with Crippen molar-refractivity contribution in [1.29, 1.82) is 0 Å². The molecule has 0 N–H and O–H groups in total. The van der Waals surface area contributed by atoms with E-state index in [0.717, 1.165) is 5.56 Å². The summed E-state index contributed by atoms with van der Waals surface area (Å²) in [5.74, 6) is 1.83. The Balaban J connectivity index is 2.84. The molecule has 5 heteroatoms. The summed E-state index contributed by atoms with van der Waals surface area (Å²) >= 11 is 0. The maximum absolute atomic E-state index is 5.77. The van der Waals surface area contributed by atoms with Gasteiger partial charge < -0.3 is 23.7 Å². The zero-order valence-corrected chi connectivity index (χ0v) is 12.9. The standard InChI is InChI=1S/C15H24O5/c1-6-18-14(19-7-2)10-20-15-12(16-4)8-11(3)9-13(15)17-5/h8-9,14H,6-7,10H2,1-5H3. The summed E-state index contributed by atoms with van der Waals surface area (Å²) in [6, 6.07) is 3.79. The Bertz CT molecular complexity index is 374. The van der Waals surface area contributed by atoms with Crippen molar-refractivity contribution in [2.45, 2.75) is 27.1 Å². The van der Waals surface area contributed by atoms with Crippen molar-refractivity contribution in [2.24, 2.45) is 0 Å². The van der Waals surface area contributed by atoms with Crippen LogP contribution in [0.2, 0.25) is 0 Å². The molecule has 0 aliphatic heterocycles. The molecule has 0 atom stereocenters. The van der Waals surface area contributed by atoms with E-state index in [1.807, 2.05) is 32.9 Å². The first-order valence-corrected chi connectivity index (χ1v) is 6.74. The van der Waals surface area contributed by atoms with Crippen molar-refractivity contribution >= 4 is 0 Å². The Hall–Kier alpha value is -1.46. The molecule has 0 spiro atoms. The Morgan fingerprint density at radius 3 is 1.85 bits per heavy atom. The average Bonchev–Trinajstić information content (AvgIpc) is 2.45. The Morgan fingerprint density at radius 2 is 1.45 bits per heavy atom. The fourth-order valence-electron chi connectivity index (χ4n) is 1.82. The molecule has 0 amide bonds. The second-order valence-corrected chi connectivity index (χ2v) is 4.15. The van der Waals surface area contributed by atoms with Crippen molar-refractivity contribution in [3.05, 3.63) is 17.7 Å². The summed E-state index contributed by atoms with van der Waals surface area (Å²) in [6.45, 7) is 7.21. The smallest absolute Gasteiger partial charge is 0.203 e. The number of hydrogen-bond acceptors (Lipinski definition) is 5. The molecule has 5 nitrogen and oxygen atoms in total. The molecule has 0 radical (unpaired) electrons. The molecule has 0 aliphatic rings. The molecule has 1 rings (SSSR count). The molecule has 0 aliphatic carbocycles. The lowest BCUT2D eigenvalue weighted by molar-refractivity contribution is -0.152. The summed E-state index contributed by atoms with van der Waals surface area (Å²) in [4.78, 5) is 0. The molecular formula is C15H24O5. The molecule has 1 aromatic rings.